The van der Waals surface area contributed by atoms with Crippen molar-refractivity contribution in [3.8, 4) is 44.5 Å². The van der Waals surface area contributed by atoms with Crippen LogP contribution in [0.1, 0.15) is 5.56 Å². The average Bonchev–Trinajstić information content (AvgIpc) is 3.07. The molecule has 0 aliphatic rings. The SMILES string of the molecule is Cc1cccc(-c2c3ccccc3c(-c3ccc4ccc(-c5ccc(-c6cccnc6)cc5)cc4c3)c3ccccc23)c1. The second-order valence-corrected chi connectivity index (χ2v) is 11.3. The summed E-state index contributed by atoms with van der Waals surface area (Å²) >= 11 is 0. The third-order valence-corrected chi connectivity index (χ3v) is 8.58. The van der Waals surface area contributed by atoms with Gasteiger partial charge in [0.25, 0.3) is 0 Å². The minimum absolute atomic E-state index is 1.13. The van der Waals surface area contributed by atoms with E-state index >= 15 is 0 Å². The smallest absolute Gasteiger partial charge is 0.0346 e. The Bertz CT molecular complexity index is 2220. The molecule has 0 saturated heterocycles. The Labute approximate surface area is 251 Å². The molecule has 0 spiro atoms. The molecule has 7 aromatic carbocycles. The number of aromatic nitrogens is 1. The van der Waals surface area contributed by atoms with E-state index in [1.807, 2.05) is 18.5 Å². The van der Waals surface area contributed by atoms with Crippen LogP contribution in [0.5, 0.6) is 0 Å². The predicted molar refractivity (Wildman–Crippen MR) is 183 cm³/mol. The van der Waals surface area contributed by atoms with Gasteiger partial charge >= 0.3 is 0 Å². The van der Waals surface area contributed by atoms with E-state index in [1.165, 1.54) is 76.8 Å². The maximum atomic E-state index is 4.27. The van der Waals surface area contributed by atoms with Crippen molar-refractivity contribution in [2.24, 2.45) is 0 Å². The highest BCUT2D eigenvalue weighted by molar-refractivity contribution is 6.21. The number of pyridine rings is 1. The highest BCUT2D eigenvalue weighted by atomic mass is 14.6. The van der Waals surface area contributed by atoms with Crippen molar-refractivity contribution in [2.75, 3.05) is 0 Å². The molecule has 0 N–H and O–H groups in total. The first-order valence-electron chi connectivity index (χ1n) is 14.8. The summed E-state index contributed by atoms with van der Waals surface area (Å²) in [6, 6.07) is 53.2. The third kappa shape index (κ3) is 4.47. The molecule has 0 unspecified atom stereocenters. The van der Waals surface area contributed by atoms with Crippen molar-refractivity contribution >= 4 is 32.3 Å². The topological polar surface area (TPSA) is 12.9 Å². The summed E-state index contributed by atoms with van der Waals surface area (Å²) in [4.78, 5) is 4.27. The van der Waals surface area contributed by atoms with E-state index in [0.29, 0.717) is 0 Å². The molecule has 0 saturated carbocycles. The average molecular weight is 548 g/mol. The van der Waals surface area contributed by atoms with Crippen molar-refractivity contribution in [1.82, 2.24) is 4.98 Å². The lowest BCUT2D eigenvalue weighted by atomic mass is 9.85. The fraction of sp³-hybridized carbons (Fsp3) is 0.0238. The summed E-state index contributed by atoms with van der Waals surface area (Å²) in [5, 5.41) is 7.60. The minimum Gasteiger partial charge on any atom is -0.264 e. The number of benzene rings is 7. The van der Waals surface area contributed by atoms with Crippen molar-refractivity contribution in [3.05, 3.63) is 164 Å². The summed E-state index contributed by atoms with van der Waals surface area (Å²) in [6.07, 6.45) is 3.72. The summed E-state index contributed by atoms with van der Waals surface area (Å²) in [5.41, 5.74) is 11.1. The van der Waals surface area contributed by atoms with Gasteiger partial charge in [0.05, 0.1) is 0 Å². The van der Waals surface area contributed by atoms with Crippen LogP contribution in [-0.2, 0) is 0 Å². The number of hydrogen-bond acceptors (Lipinski definition) is 1. The highest BCUT2D eigenvalue weighted by Crippen LogP contribution is 2.44. The van der Waals surface area contributed by atoms with Gasteiger partial charge in [0, 0.05) is 12.4 Å². The molecular weight excluding hydrogens is 518 g/mol. The Balaban J connectivity index is 1.30. The lowest BCUT2D eigenvalue weighted by Crippen LogP contribution is -1.91. The monoisotopic (exact) mass is 547 g/mol. The number of fused-ring (bicyclic) bond motifs is 3. The lowest BCUT2D eigenvalue weighted by Gasteiger charge is -2.18. The Hall–Kier alpha value is -5.53. The maximum absolute atomic E-state index is 4.27. The Morgan fingerprint density at radius 3 is 1.47 bits per heavy atom. The zero-order valence-corrected chi connectivity index (χ0v) is 24.0. The maximum Gasteiger partial charge on any atom is 0.0346 e. The predicted octanol–water partition coefficient (Wildman–Crippen LogP) is 11.5. The van der Waals surface area contributed by atoms with Gasteiger partial charge in [-0.25, -0.2) is 0 Å². The normalized spacial score (nSPS) is 11.4. The minimum atomic E-state index is 1.13. The van der Waals surface area contributed by atoms with E-state index in [0.717, 1.165) is 5.56 Å². The van der Waals surface area contributed by atoms with Crippen molar-refractivity contribution in [1.29, 1.82) is 0 Å². The fourth-order valence-corrected chi connectivity index (χ4v) is 6.52. The van der Waals surface area contributed by atoms with E-state index in [-0.39, 0.29) is 0 Å². The Morgan fingerprint density at radius 2 is 0.884 bits per heavy atom. The molecule has 0 atom stereocenters. The van der Waals surface area contributed by atoms with E-state index < -0.39 is 0 Å². The molecule has 0 aliphatic carbocycles. The van der Waals surface area contributed by atoms with Crippen LogP contribution >= 0.6 is 0 Å². The Morgan fingerprint density at radius 1 is 0.372 bits per heavy atom. The van der Waals surface area contributed by atoms with Crippen LogP contribution < -0.4 is 0 Å². The lowest BCUT2D eigenvalue weighted by molar-refractivity contribution is 1.33. The molecule has 202 valence electrons. The van der Waals surface area contributed by atoms with Crippen molar-refractivity contribution in [2.45, 2.75) is 6.92 Å². The summed E-state index contributed by atoms with van der Waals surface area (Å²) in [7, 11) is 0. The number of rotatable bonds is 4. The first-order chi connectivity index (χ1) is 21.2. The molecule has 0 radical (unpaired) electrons. The Kier molecular flexibility index (Phi) is 6.09. The zero-order chi connectivity index (χ0) is 28.8. The summed E-state index contributed by atoms with van der Waals surface area (Å²) in [5.74, 6) is 0. The van der Waals surface area contributed by atoms with Gasteiger partial charge in [0.1, 0.15) is 0 Å². The van der Waals surface area contributed by atoms with Crippen LogP contribution in [0.15, 0.2) is 158 Å². The molecule has 8 aromatic rings. The quantitative estimate of drug-likeness (QED) is 0.200. The van der Waals surface area contributed by atoms with E-state index in [4.69, 9.17) is 0 Å². The molecule has 1 heteroatoms. The van der Waals surface area contributed by atoms with Gasteiger partial charge in [0.15, 0.2) is 0 Å². The second kappa shape index (κ2) is 10.4. The fourth-order valence-electron chi connectivity index (χ4n) is 6.52. The molecular formula is C42H29N. The van der Waals surface area contributed by atoms with Gasteiger partial charge in [-0.3, -0.25) is 4.98 Å². The van der Waals surface area contributed by atoms with Crippen LogP contribution in [0.4, 0.5) is 0 Å². The van der Waals surface area contributed by atoms with Gasteiger partial charge in [-0.15, -0.1) is 0 Å². The van der Waals surface area contributed by atoms with Crippen molar-refractivity contribution in [3.63, 3.8) is 0 Å². The van der Waals surface area contributed by atoms with Gasteiger partial charge in [-0.1, -0.05) is 133 Å². The van der Waals surface area contributed by atoms with Gasteiger partial charge in [0.2, 0.25) is 0 Å². The standard InChI is InChI=1S/C42H29N/c1-28-8-6-9-33(24-28)41-37-11-2-4-13-39(37)42(40-14-5-3-12-38(40)41)34-22-20-31-19-21-32(25-36(31)26-34)29-15-17-30(18-16-29)35-10-7-23-43-27-35/h2-27H,1H3. The van der Waals surface area contributed by atoms with Gasteiger partial charge in [-0.05, 0) is 102 Å². The largest absolute Gasteiger partial charge is 0.264 e. The van der Waals surface area contributed by atoms with Crippen LogP contribution in [0.3, 0.4) is 0 Å². The van der Waals surface area contributed by atoms with Crippen LogP contribution in [0.25, 0.3) is 76.8 Å². The van der Waals surface area contributed by atoms with Gasteiger partial charge in [-0.2, -0.15) is 0 Å². The first kappa shape index (κ1) is 25.2. The molecule has 43 heavy (non-hydrogen) atoms. The van der Waals surface area contributed by atoms with Crippen LogP contribution in [0.2, 0.25) is 0 Å². The first-order valence-corrected chi connectivity index (χ1v) is 14.8. The molecule has 0 bridgehead atoms. The molecule has 0 aliphatic heterocycles. The molecule has 0 fully saturated rings. The van der Waals surface area contributed by atoms with E-state index in [9.17, 15) is 0 Å². The zero-order valence-electron chi connectivity index (χ0n) is 24.0. The summed E-state index contributed by atoms with van der Waals surface area (Å²) < 4.78 is 0. The molecule has 0 amide bonds. The van der Waals surface area contributed by atoms with E-state index in [1.54, 1.807) is 0 Å². The van der Waals surface area contributed by atoms with Gasteiger partial charge < -0.3 is 0 Å². The number of aryl methyl sites for hydroxylation is 1. The molecule has 8 rings (SSSR count). The van der Waals surface area contributed by atoms with Crippen LogP contribution in [-0.4, -0.2) is 4.98 Å². The van der Waals surface area contributed by atoms with Crippen molar-refractivity contribution < 1.29 is 0 Å². The van der Waals surface area contributed by atoms with Crippen LogP contribution in [0, 0.1) is 6.92 Å². The van der Waals surface area contributed by atoms with E-state index in [2.05, 4.69) is 151 Å². The third-order valence-electron chi connectivity index (χ3n) is 8.58. The molecule has 1 nitrogen and oxygen atoms in total. The second-order valence-electron chi connectivity index (χ2n) is 11.3. The number of nitrogens with zero attached hydrogens (tertiary/aromatic N) is 1. The number of hydrogen-bond donors (Lipinski definition) is 0. The molecule has 1 aromatic heterocycles. The highest BCUT2D eigenvalue weighted by Gasteiger charge is 2.16. The summed E-state index contributed by atoms with van der Waals surface area (Å²) in [6.45, 7) is 2.17. The molecule has 1 heterocycles.